The third-order valence-corrected chi connectivity index (χ3v) is 11.8. The van der Waals surface area contributed by atoms with Crippen LogP contribution in [-0.2, 0) is 10.8 Å². The molecule has 0 fully saturated rings. The van der Waals surface area contributed by atoms with E-state index >= 15 is 0 Å². The molecule has 0 unspecified atom stereocenters. The number of phenols is 1. The second-order valence-electron chi connectivity index (χ2n) is 10.2. The molecule has 0 saturated heterocycles. The van der Waals surface area contributed by atoms with E-state index in [2.05, 4.69) is 55.8 Å². The lowest BCUT2D eigenvalue weighted by atomic mass is 9.92. The molecular weight excluding hydrogens is 466 g/mol. The van der Waals surface area contributed by atoms with Crippen LogP contribution in [0.1, 0.15) is 50.6 Å². The Kier molecular flexibility index (Phi) is 7.56. The molecule has 0 amide bonds. The van der Waals surface area contributed by atoms with Gasteiger partial charge in [0.05, 0.1) is 23.6 Å². The predicted molar refractivity (Wildman–Crippen MR) is 138 cm³/mol. The summed E-state index contributed by atoms with van der Waals surface area (Å²) >= 11 is 6.46. The van der Waals surface area contributed by atoms with Crippen molar-refractivity contribution < 1.29 is 13.9 Å². The van der Waals surface area contributed by atoms with Crippen molar-refractivity contribution in [1.82, 2.24) is 10.2 Å². The predicted octanol–water partition coefficient (Wildman–Crippen LogP) is 7.69. The lowest BCUT2D eigenvalue weighted by molar-refractivity contribution is 0.154. The number of rotatable bonds is 7. The fourth-order valence-electron chi connectivity index (χ4n) is 3.54. The second kappa shape index (κ2) is 9.91. The Morgan fingerprint density at radius 1 is 1.15 bits per heavy atom. The summed E-state index contributed by atoms with van der Waals surface area (Å²) in [7, 11) is -2.07. The maximum atomic E-state index is 9.58. The molecule has 0 aliphatic heterocycles. The van der Waals surface area contributed by atoms with Crippen LogP contribution in [0, 0.1) is 13.5 Å². The van der Waals surface area contributed by atoms with Gasteiger partial charge in [0.2, 0.25) is 17.5 Å². The molecule has 1 aromatic heterocycles. The van der Waals surface area contributed by atoms with Gasteiger partial charge in [-0.1, -0.05) is 44.5 Å². The molecule has 0 bridgehead atoms. The van der Waals surface area contributed by atoms with E-state index in [1.807, 2.05) is 13.0 Å². The zero-order chi connectivity index (χ0) is 25.3. The fraction of sp³-hybridized carbons (Fsp3) is 0.423. The van der Waals surface area contributed by atoms with Gasteiger partial charge in [0.15, 0.2) is 8.32 Å². The lowest BCUT2D eigenvalue weighted by Gasteiger charge is -2.40. The van der Waals surface area contributed by atoms with Crippen LogP contribution in [0.5, 0.6) is 5.75 Å². The molecule has 1 heterocycles. The van der Waals surface area contributed by atoms with Gasteiger partial charge < -0.3 is 13.9 Å². The Labute approximate surface area is 207 Å². The van der Waals surface area contributed by atoms with Crippen molar-refractivity contribution >= 4 is 25.6 Å². The van der Waals surface area contributed by atoms with Crippen molar-refractivity contribution in [2.75, 3.05) is 0 Å². The summed E-state index contributed by atoms with van der Waals surface area (Å²) < 4.78 is 12.9. The van der Waals surface area contributed by atoms with E-state index in [-0.39, 0.29) is 22.8 Å². The summed E-state index contributed by atoms with van der Waals surface area (Å²) in [5.74, 6) is 0.839. The van der Waals surface area contributed by atoms with E-state index in [1.165, 1.54) is 0 Å². The molecule has 34 heavy (non-hydrogen) atoms. The Morgan fingerprint density at radius 3 is 2.38 bits per heavy atom. The number of phenolic OH excluding ortho intramolecular Hbond substituents is 1. The van der Waals surface area contributed by atoms with Crippen molar-refractivity contribution in [1.29, 1.82) is 0 Å². The highest BCUT2D eigenvalue weighted by molar-refractivity contribution is 6.74. The van der Waals surface area contributed by atoms with Crippen LogP contribution in [0.25, 0.3) is 16.3 Å². The van der Waals surface area contributed by atoms with Crippen LogP contribution in [0.2, 0.25) is 23.2 Å². The molecule has 0 radical (unpaired) electrons. The van der Waals surface area contributed by atoms with Gasteiger partial charge in [0.25, 0.3) is 0 Å². The Hall–Kier alpha value is -2.66. The molecule has 0 aliphatic rings. The van der Waals surface area contributed by atoms with Gasteiger partial charge in [-0.15, -0.1) is 10.2 Å². The summed E-state index contributed by atoms with van der Waals surface area (Å²) in [6, 6.07) is 10.4. The summed E-state index contributed by atoms with van der Waals surface area (Å²) in [5, 5.41) is 18.8. The number of aromatic nitrogens is 2. The average molecular weight is 498 g/mol. The van der Waals surface area contributed by atoms with Gasteiger partial charge in [-0.3, -0.25) is 0 Å². The SMILES string of the molecule is [C-]#[N+]c1ccc(C[C@@H](c2nnc(-c3ccc(O)cc3)o2)[C@H](C)O[Si](C)(C)C(C)(C)C)c(C)c1Cl. The quantitative estimate of drug-likeness (QED) is 0.267. The minimum atomic E-state index is -2.07. The first-order valence-electron chi connectivity index (χ1n) is 11.3. The van der Waals surface area contributed by atoms with Crippen molar-refractivity contribution in [3.63, 3.8) is 0 Å². The molecule has 0 aliphatic carbocycles. The van der Waals surface area contributed by atoms with Gasteiger partial charge in [-0.05, 0) is 73.8 Å². The van der Waals surface area contributed by atoms with Crippen LogP contribution in [0.3, 0.4) is 0 Å². The third kappa shape index (κ3) is 5.52. The highest BCUT2D eigenvalue weighted by atomic mass is 35.5. The molecule has 0 spiro atoms. The van der Waals surface area contributed by atoms with E-state index in [4.69, 9.17) is 27.0 Å². The van der Waals surface area contributed by atoms with Gasteiger partial charge in [0.1, 0.15) is 5.75 Å². The maximum absolute atomic E-state index is 9.58. The first-order valence-corrected chi connectivity index (χ1v) is 14.6. The van der Waals surface area contributed by atoms with Gasteiger partial charge in [-0.25, -0.2) is 4.85 Å². The van der Waals surface area contributed by atoms with Crippen molar-refractivity contribution in [2.24, 2.45) is 0 Å². The monoisotopic (exact) mass is 497 g/mol. The van der Waals surface area contributed by atoms with Crippen LogP contribution >= 0.6 is 11.6 Å². The maximum Gasteiger partial charge on any atom is 0.247 e. The van der Waals surface area contributed by atoms with Crippen molar-refractivity contribution in [3.05, 3.63) is 69.9 Å². The minimum absolute atomic E-state index is 0.0500. The van der Waals surface area contributed by atoms with Gasteiger partial charge in [-0.2, -0.15) is 0 Å². The standard InChI is InChI=1S/C26H32ClN3O3Si/c1-16-19(11-14-22(28-6)23(16)27)15-21(17(2)33-34(7,8)26(3,4)5)25-30-29-24(32-25)18-9-12-20(31)13-10-18/h9-14,17,21,31H,15H2,1-5,7-8H3/t17-,21+/m0/s1. The smallest absolute Gasteiger partial charge is 0.247 e. The van der Waals surface area contributed by atoms with Gasteiger partial charge in [0, 0.05) is 5.56 Å². The molecule has 2 atom stereocenters. The van der Waals surface area contributed by atoms with Gasteiger partial charge >= 0.3 is 0 Å². The number of halogens is 1. The normalized spacial score (nSPS) is 14.0. The molecule has 0 saturated carbocycles. The van der Waals surface area contributed by atoms with Crippen LogP contribution in [0.4, 0.5) is 5.69 Å². The molecule has 3 rings (SSSR count). The average Bonchev–Trinajstić information content (AvgIpc) is 3.24. The van der Waals surface area contributed by atoms with E-state index in [0.29, 0.717) is 28.9 Å². The Bertz CT molecular complexity index is 1190. The largest absolute Gasteiger partial charge is 0.508 e. The summed E-state index contributed by atoms with van der Waals surface area (Å²) in [6.45, 7) is 22.4. The van der Waals surface area contributed by atoms with E-state index < -0.39 is 8.32 Å². The molecule has 180 valence electrons. The molecule has 1 N–H and O–H groups in total. The van der Waals surface area contributed by atoms with E-state index in [9.17, 15) is 5.11 Å². The zero-order valence-corrected chi connectivity index (χ0v) is 22.6. The minimum Gasteiger partial charge on any atom is -0.508 e. The summed E-state index contributed by atoms with van der Waals surface area (Å²) in [5.41, 5.74) is 3.06. The third-order valence-electron chi connectivity index (χ3n) is 6.76. The van der Waals surface area contributed by atoms with E-state index in [0.717, 1.165) is 16.7 Å². The summed E-state index contributed by atoms with van der Waals surface area (Å²) in [4.78, 5) is 3.50. The summed E-state index contributed by atoms with van der Waals surface area (Å²) in [6.07, 6.45) is 0.393. The Balaban J connectivity index is 2.00. The Morgan fingerprint density at radius 2 is 1.79 bits per heavy atom. The number of benzene rings is 2. The highest BCUT2D eigenvalue weighted by Crippen LogP contribution is 2.40. The van der Waals surface area contributed by atoms with Crippen LogP contribution in [0.15, 0.2) is 40.8 Å². The van der Waals surface area contributed by atoms with Crippen molar-refractivity contribution in [2.45, 2.75) is 71.2 Å². The zero-order valence-electron chi connectivity index (χ0n) is 20.8. The first kappa shape index (κ1) is 26.0. The fourth-order valence-corrected chi connectivity index (χ4v) is 5.21. The van der Waals surface area contributed by atoms with E-state index in [1.54, 1.807) is 30.3 Å². The topological polar surface area (TPSA) is 72.7 Å². The van der Waals surface area contributed by atoms with Crippen molar-refractivity contribution in [3.8, 4) is 17.2 Å². The molecule has 8 heteroatoms. The molecule has 6 nitrogen and oxygen atoms in total. The van der Waals surface area contributed by atoms with Crippen LogP contribution < -0.4 is 0 Å². The number of hydrogen-bond donors (Lipinski definition) is 1. The second-order valence-corrected chi connectivity index (χ2v) is 15.3. The van der Waals surface area contributed by atoms with Crippen LogP contribution in [-0.4, -0.2) is 29.7 Å². The lowest BCUT2D eigenvalue weighted by Crippen LogP contribution is -2.44. The molecule has 3 aromatic rings. The first-order chi connectivity index (χ1) is 15.8. The number of hydrogen-bond acceptors (Lipinski definition) is 5. The number of nitrogens with zero attached hydrogens (tertiary/aromatic N) is 3. The molecule has 2 aromatic carbocycles. The molecular formula is C26H32ClN3O3Si. The number of aromatic hydroxyl groups is 1. The highest BCUT2D eigenvalue weighted by Gasteiger charge is 2.41.